The van der Waals surface area contributed by atoms with Gasteiger partial charge >= 0.3 is 11.7 Å². The van der Waals surface area contributed by atoms with Gasteiger partial charge in [-0.25, -0.2) is 4.79 Å². The van der Waals surface area contributed by atoms with Crippen LogP contribution in [0.1, 0.15) is 24.7 Å². The number of carbonyl (C=O) groups is 1. The molecule has 3 rings (SSSR count). The van der Waals surface area contributed by atoms with Crippen LogP contribution in [-0.4, -0.2) is 35.7 Å². The fourth-order valence-electron chi connectivity index (χ4n) is 3.09. The van der Waals surface area contributed by atoms with Crippen LogP contribution in [-0.2, 0) is 30.2 Å². The monoisotopic (exact) mass is 347 g/mol. The zero-order valence-corrected chi connectivity index (χ0v) is 15.0. The van der Waals surface area contributed by atoms with Crippen molar-refractivity contribution in [2.45, 2.75) is 33.7 Å². The van der Waals surface area contributed by atoms with Crippen molar-refractivity contribution in [1.29, 1.82) is 0 Å². The number of hydrogen-bond donors (Lipinski definition) is 0. The van der Waals surface area contributed by atoms with E-state index in [1.54, 1.807) is 18.4 Å². The number of nitrogens with zero attached hydrogens (tertiary/aromatic N) is 5. The molecule has 0 aliphatic carbocycles. The number of fused-ring (bicyclic) bond motifs is 3. The van der Waals surface area contributed by atoms with Crippen LogP contribution in [0.2, 0.25) is 0 Å². The number of carbonyl (C=O) groups excluding carboxylic acids is 1. The Labute approximate surface area is 143 Å². The van der Waals surface area contributed by atoms with E-state index in [1.807, 2.05) is 18.4 Å². The van der Waals surface area contributed by atoms with Crippen molar-refractivity contribution < 1.29 is 9.53 Å². The minimum absolute atomic E-state index is 0.207. The van der Waals surface area contributed by atoms with E-state index in [1.165, 1.54) is 11.6 Å². The molecule has 0 amide bonds. The van der Waals surface area contributed by atoms with E-state index in [4.69, 9.17) is 4.74 Å². The van der Waals surface area contributed by atoms with E-state index >= 15 is 0 Å². The van der Waals surface area contributed by atoms with Gasteiger partial charge in [-0.2, -0.15) is 4.98 Å². The molecule has 0 unspecified atom stereocenters. The Morgan fingerprint density at radius 3 is 2.44 bits per heavy atom. The van der Waals surface area contributed by atoms with Crippen molar-refractivity contribution in [3.8, 4) is 0 Å². The third kappa shape index (κ3) is 2.38. The van der Waals surface area contributed by atoms with Gasteiger partial charge in [-0.15, -0.1) is 0 Å². The van der Waals surface area contributed by atoms with Crippen molar-refractivity contribution in [2.75, 3.05) is 6.61 Å². The second-order valence-corrected chi connectivity index (χ2v) is 6.00. The summed E-state index contributed by atoms with van der Waals surface area (Å²) in [5.41, 5.74) is 1.62. The van der Waals surface area contributed by atoms with Crippen molar-refractivity contribution >= 4 is 22.9 Å². The first kappa shape index (κ1) is 17.0. The van der Waals surface area contributed by atoms with Gasteiger partial charge in [0, 0.05) is 32.0 Å². The van der Waals surface area contributed by atoms with Crippen molar-refractivity contribution in [1.82, 2.24) is 23.1 Å². The molecular formula is C16H21N5O4. The molecule has 3 aromatic heterocycles. The zero-order chi connectivity index (χ0) is 18.5. The average molecular weight is 347 g/mol. The summed E-state index contributed by atoms with van der Waals surface area (Å²) < 4.78 is 11.0. The van der Waals surface area contributed by atoms with E-state index in [9.17, 15) is 14.4 Å². The number of rotatable bonds is 4. The predicted molar refractivity (Wildman–Crippen MR) is 91.9 cm³/mol. The lowest BCUT2D eigenvalue weighted by atomic mass is 10.3. The third-order valence-electron chi connectivity index (χ3n) is 4.59. The Morgan fingerprint density at radius 1 is 1.12 bits per heavy atom. The molecule has 0 bridgehead atoms. The van der Waals surface area contributed by atoms with Crippen molar-refractivity contribution in [2.24, 2.45) is 14.1 Å². The van der Waals surface area contributed by atoms with E-state index in [0.717, 1.165) is 16.0 Å². The van der Waals surface area contributed by atoms with Crippen molar-refractivity contribution in [3.63, 3.8) is 0 Å². The van der Waals surface area contributed by atoms with E-state index in [0.29, 0.717) is 30.1 Å². The largest absolute Gasteiger partial charge is 0.466 e. The highest BCUT2D eigenvalue weighted by atomic mass is 16.5. The standard InChI is InChI=1S/C16H21N5O4/c1-6-25-11(22)7-8-20-9(2)10(3)21-12-13(17-15(20)21)18(4)16(24)19(5)14(12)23/h6-8H2,1-5H3. The van der Waals surface area contributed by atoms with Crippen LogP contribution < -0.4 is 11.2 Å². The van der Waals surface area contributed by atoms with Crippen LogP contribution >= 0.6 is 0 Å². The Kier molecular flexibility index (Phi) is 4.02. The molecule has 134 valence electrons. The molecule has 0 spiro atoms. The highest BCUT2D eigenvalue weighted by Crippen LogP contribution is 2.20. The molecule has 0 radical (unpaired) electrons. The summed E-state index contributed by atoms with van der Waals surface area (Å²) in [7, 11) is 3.03. The normalized spacial score (nSPS) is 11.6. The molecule has 3 aromatic rings. The molecule has 0 aromatic carbocycles. The Balaban J connectivity index is 2.27. The Bertz CT molecular complexity index is 1110. The van der Waals surface area contributed by atoms with Crippen molar-refractivity contribution in [3.05, 3.63) is 32.2 Å². The number of aryl methyl sites for hydroxylation is 3. The van der Waals surface area contributed by atoms with Gasteiger partial charge in [0.05, 0.1) is 13.0 Å². The second-order valence-electron chi connectivity index (χ2n) is 6.00. The summed E-state index contributed by atoms with van der Waals surface area (Å²) in [6.45, 7) is 6.28. The third-order valence-corrected chi connectivity index (χ3v) is 4.59. The highest BCUT2D eigenvalue weighted by Gasteiger charge is 2.21. The maximum Gasteiger partial charge on any atom is 0.332 e. The molecule has 0 aliphatic rings. The lowest BCUT2D eigenvalue weighted by Gasteiger charge is -2.06. The van der Waals surface area contributed by atoms with Crippen LogP contribution in [0.4, 0.5) is 0 Å². The summed E-state index contributed by atoms with van der Waals surface area (Å²) in [5.74, 6) is 0.249. The van der Waals surface area contributed by atoms with Crippen LogP contribution in [0.15, 0.2) is 9.59 Å². The SMILES string of the molecule is CCOC(=O)CCn1c(C)c(C)n2c3c(=O)n(C)c(=O)n(C)c3nc12. The van der Waals surface area contributed by atoms with Gasteiger partial charge in [0.25, 0.3) is 5.56 Å². The summed E-state index contributed by atoms with van der Waals surface area (Å²) in [6.07, 6.45) is 0.207. The summed E-state index contributed by atoms with van der Waals surface area (Å²) in [5, 5.41) is 0. The van der Waals surface area contributed by atoms with E-state index < -0.39 is 11.2 Å². The predicted octanol–water partition coefficient (Wildman–Crippen LogP) is 0.256. The summed E-state index contributed by atoms with van der Waals surface area (Å²) in [4.78, 5) is 40.9. The molecule has 0 N–H and O–H groups in total. The highest BCUT2D eigenvalue weighted by molar-refractivity contribution is 5.76. The van der Waals surface area contributed by atoms with Gasteiger partial charge in [-0.3, -0.25) is 23.1 Å². The minimum atomic E-state index is -0.425. The number of imidazole rings is 2. The molecule has 0 aliphatic heterocycles. The Hall–Kier alpha value is -2.84. The lowest BCUT2D eigenvalue weighted by molar-refractivity contribution is -0.143. The summed E-state index contributed by atoms with van der Waals surface area (Å²) >= 11 is 0. The number of hydrogen-bond acceptors (Lipinski definition) is 5. The molecule has 0 fully saturated rings. The first-order valence-corrected chi connectivity index (χ1v) is 8.09. The number of aromatic nitrogens is 5. The van der Waals surface area contributed by atoms with Gasteiger partial charge in [-0.05, 0) is 20.8 Å². The molecule has 3 heterocycles. The molecule has 9 nitrogen and oxygen atoms in total. The molecule has 25 heavy (non-hydrogen) atoms. The zero-order valence-electron chi connectivity index (χ0n) is 15.0. The van der Waals surface area contributed by atoms with E-state index in [-0.39, 0.29) is 12.4 Å². The van der Waals surface area contributed by atoms with Crippen LogP contribution in [0.25, 0.3) is 16.9 Å². The first-order valence-electron chi connectivity index (χ1n) is 8.09. The number of ether oxygens (including phenoxy) is 1. The molecular weight excluding hydrogens is 326 g/mol. The fourth-order valence-corrected chi connectivity index (χ4v) is 3.09. The van der Waals surface area contributed by atoms with Gasteiger partial charge in [0.1, 0.15) is 0 Å². The average Bonchev–Trinajstić information content (AvgIpc) is 3.07. The maximum absolute atomic E-state index is 12.6. The van der Waals surface area contributed by atoms with Gasteiger partial charge in [-0.1, -0.05) is 0 Å². The molecule has 0 saturated heterocycles. The van der Waals surface area contributed by atoms with Crippen LogP contribution in [0.3, 0.4) is 0 Å². The molecule has 0 atom stereocenters. The van der Waals surface area contributed by atoms with Gasteiger partial charge in [0.15, 0.2) is 11.2 Å². The van der Waals surface area contributed by atoms with Gasteiger partial charge in [0.2, 0.25) is 5.78 Å². The molecule has 0 saturated carbocycles. The summed E-state index contributed by atoms with van der Waals surface area (Å²) in [6, 6.07) is 0. The quantitative estimate of drug-likeness (QED) is 0.631. The number of esters is 1. The lowest BCUT2D eigenvalue weighted by Crippen LogP contribution is -2.37. The first-order chi connectivity index (χ1) is 11.8. The fraction of sp³-hybridized carbons (Fsp3) is 0.500. The Morgan fingerprint density at radius 2 is 1.80 bits per heavy atom. The second kappa shape index (κ2) is 5.91. The smallest absolute Gasteiger partial charge is 0.332 e. The molecule has 9 heteroatoms. The van der Waals surface area contributed by atoms with Crippen LogP contribution in [0.5, 0.6) is 0 Å². The van der Waals surface area contributed by atoms with E-state index in [2.05, 4.69) is 4.98 Å². The van der Waals surface area contributed by atoms with Gasteiger partial charge < -0.3 is 9.30 Å². The van der Waals surface area contributed by atoms with Crippen LogP contribution in [0, 0.1) is 13.8 Å². The maximum atomic E-state index is 12.6. The topological polar surface area (TPSA) is 92.5 Å². The minimum Gasteiger partial charge on any atom is -0.466 e.